The fourth-order valence-corrected chi connectivity index (χ4v) is 3.50. The lowest BCUT2D eigenvalue weighted by atomic mass is 10.1. The van der Waals surface area contributed by atoms with Crippen LogP contribution in [0.2, 0.25) is 0 Å². The molecule has 18 heavy (non-hydrogen) atoms. The molecule has 0 unspecified atom stereocenters. The first-order chi connectivity index (χ1) is 8.53. The molecule has 0 aromatic rings. The Morgan fingerprint density at radius 2 is 1.78 bits per heavy atom. The van der Waals surface area contributed by atoms with Crippen LogP contribution in [-0.2, 0) is 14.6 Å². The van der Waals surface area contributed by atoms with E-state index in [4.69, 9.17) is 5.73 Å². The topological polar surface area (TPSA) is 89.3 Å². The largest absolute Gasteiger partial charge is 0.352 e. The first-order valence-corrected chi connectivity index (χ1v) is 8.55. The van der Waals surface area contributed by atoms with Crippen LogP contribution in [0.5, 0.6) is 0 Å². The van der Waals surface area contributed by atoms with E-state index in [1.54, 1.807) is 0 Å². The number of amides is 1. The fourth-order valence-electron chi connectivity index (χ4n) is 2.27. The van der Waals surface area contributed by atoms with Gasteiger partial charge in [-0.15, -0.1) is 0 Å². The Morgan fingerprint density at radius 3 is 2.33 bits per heavy atom. The van der Waals surface area contributed by atoms with Gasteiger partial charge >= 0.3 is 0 Å². The molecule has 1 amide bonds. The van der Waals surface area contributed by atoms with E-state index in [1.807, 2.05) is 0 Å². The molecule has 0 atom stereocenters. The smallest absolute Gasteiger partial charge is 0.235 e. The van der Waals surface area contributed by atoms with Crippen molar-refractivity contribution < 1.29 is 13.2 Å². The molecule has 0 aromatic carbocycles. The zero-order chi connectivity index (χ0) is 13.4. The van der Waals surface area contributed by atoms with Gasteiger partial charge in [-0.2, -0.15) is 0 Å². The van der Waals surface area contributed by atoms with Crippen LogP contribution in [-0.4, -0.2) is 38.4 Å². The van der Waals surface area contributed by atoms with E-state index in [9.17, 15) is 13.2 Å². The van der Waals surface area contributed by atoms with Crippen molar-refractivity contribution in [1.29, 1.82) is 0 Å². The highest BCUT2D eigenvalue weighted by atomic mass is 32.2. The minimum atomic E-state index is -3.29. The van der Waals surface area contributed by atoms with Gasteiger partial charge in [-0.3, -0.25) is 4.79 Å². The second-order valence-electron chi connectivity index (χ2n) is 4.99. The summed E-state index contributed by atoms with van der Waals surface area (Å²) in [5, 5.41) is 2.84. The van der Waals surface area contributed by atoms with Gasteiger partial charge in [0.25, 0.3) is 0 Å². The summed E-state index contributed by atoms with van der Waals surface area (Å²) in [6.07, 6.45) is 7.00. The molecule has 1 rings (SSSR count). The Labute approximate surface area is 109 Å². The maximum atomic E-state index is 11.7. The van der Waals surface area contributed by atoms with Crippen molar-refractivity contribution in [1.82, 2.24) is 5.32 Å². The normalized spacial score (nSPS) is 18.3. The van der Waals surface area contributed by atoms with Crippen molar-refractivity contribution in [3.05, 3.63) is 0 Å². The summed E-state index contributed by atoms with van der Waals surface area (Å²) in [5.74, 6) is -0.760. The highest BCUT2D eigenvalue weighted by Crippen LogP contribution is 2.17. The second-order valence-corrected chi connectivity index (χ2v) is 7.17. The van der Waals surface area contributed by atoms with Crippen LogP contribution in [0.25, 0.3) is 0 Å². The van der Waals surface area contributed by atoms with E-state index in [1.165, 1.54) is 12.8 Å². The summed E-state index contributed by atoms with van der Waals surface area (Å²) < 4.78 is 23.2. The molecule has 1 aliphatic carbocycles. The fraction of sp³-hybridized carbons (Fsp3) is 0.917. The summed E-state index contributed by atoms with van der Waals surface area (Å²) in [5.41, 5.74) is 5.27. The van der Waals surface area contributed by atoms with Gasteiger partial charge in [0.15, 0.2) is 9.84 Å². The SMILES string of the molecule is NCCCS(=O)(=O)CC(=O)NC1CCCCCC1. The van der Waals surface area contributed by atoms with E-state index < -0.39 is 15.6 Å². The van der Waals surface area contributed by atoms with E-state index in [-0.39, 0.29) is 17.7 Å². The zero-order valence-corrected chi connectivity index (χ0v) is 11.7. The van der Waals surface area contributed by atoms with Crippen molar-refractivity contribution in [3.63, 3.8) is 0 Å². The van der Waals surface area contributed by atoms with Crippen LogP contribution in [0.1, 0.15) is 44.9 Å². The Morgan fingerprint density at radius 1 is 1.17 bits per heavy atom. The lowest BCUT2D eigenvalue weighted by Gasteiger charge is -2.16. The molecule has 0 aromatic heterocycles. The van der Waals surface area contributed by atoms with Crippen LogP contribution in [0, 0.1) is 0 Å². The average Bonchev–Trinajstić information content (AvgIpc) is 2.54. The average molecular weight is 276 g/mol. The lowest BCUT2D eigenvalue weighted by molar-refractivity contribution is -0.119. The van der Waals surface area contributed by atoms with Gasteiger partial charge in [0.05, 0.1) is 5.75 Å². The van der Waals surface area contributed by atoms with E-state index >= 15 is 0 Å². The van der Waals surface area contributed by atoms with Gasteiger partial charge in [0.2, 0.25) is 5.91 Å². The first-order valence-electron chi connectivity index (χ1n) is 6.73. The maximum Gasteiger partial charge on any atom is 0.235 e. The van der Waals surface area contributed by atoms with Gasteiger partial charge in [-0.1, -0.05) is 25.7 Å². The summed E-state index contributed by atoms with van der Waals surface area (Å²) in [4.78, 5) is 11.7. The summed E-state index contributed by atoms with van der Waals surface area (Å²) in [7, 11) is -3.29. The van der Waals surface area contributed by atoms with E-state index in [2.05, 4.69) is 5.32 Å². The Balaban J connectivity index is 2.35. The minimum Gasteiger partial charge on any atom is -0.352 e. The third kappa shape index (κ3) is 6.35. The van der Waals surface area contributed by atoms with Crippen LogP contribution in [0.3, 0.4) is 0 Å². The molecule has 0 aliphatic heterocycles. The monoisotopic (exact) mass is 276 g/mol. The molecule has 3 N–H and O–H groups in total. The summed E-state index contributed by atoms with van der Waals surface area (Å²) >= 11 is 0. The lowest BCUT2D eigenvalue weighted by Crippen LogP contribution is -2.38. The highest BCUT2D eigenvalue weighted by Gasteiger charge is 2.19. The molecule has 1 saturated carbocycles. The molecular formula is C12H24N2O3S. The van der Waals surface area contributed by atoms with Gasteiger partial charge in [-0.05, 0) is 25.8 Å². The predicted molar refractivity (Wildman–Crippen MR) is 72.0 cm³/mol. The number of nitrogens with one attached hydrogen (secondary N) is 1. The molecule has 0 spiro atoms. The number of carbonyl (C=O) groups is 1. The van der Waals surface area contributed by atoms with Crippen LogP contribution in [0.15, 0.2) is 0 Å². The Hall–Kier alpha value is -0.620. The Kier molecular flexibility index (Phi) is 6.63. The maximum absolute atomic E-state index is 11.7. The van der Waals surface area contributed by atoms with Crippen LogP contribution in [0.4, 0.5) is 0 Å². The standard InChI is InChI=1S/C12H24N2O3S/c13-8-5-9-18(16,17)10-12(15)14-11-6-3-1-2-4-7-11/h11H,1-10,13H2,(H,14,15). The van der Waals surface area contributed by atoms with Gasteiger partial charge in [0.1, 0.15) is 5.75 Å². The number of rotatable bonds is 6. The molecule has 5 nitrogen and oxygen atoms in total. The van der Waals surface area contributed by atoms with Crippen LogP contribution >= 0.6 is 0 Å². The van der Waals surface area contributed by atoms with Gasteiger partial charge in [0, 0.05) is 6.04 Å². The Bertz CT molecular complexity index is 346. The van der Waals surface area contributed by atoms with Gasteiger partial charge in [-0.25, -0.2) is 8.42 Å². The zero-order valence-electron chi connectivity index (χ0n) is 10.9. The number of carbonyl (C=O) groups excluding carboxylic acids is 1. The summed E-state index contributed by atoms with van der Waals surface area (Å²) in [6, 6.07) is 0.157. The molecule has 106 valence electrons. The van der Waals surface area contributed by atoms with Gasteiger partial charge < -0.3 is 11.1 Å². The predicted octanol–water partition coefficient (Wildman–Crippen LogP) is 0.589. The van der Waals surface area contributed by atoms with Crippen molar-refractivity contribution in [2.24, 2.45) is 5.73 Å². The molecule has 1 fully saturated rings. The number of hydrogen-bond acceptors (Lipinski definition) is 4. The molecule has 0 saturated heterocycles. The molecule has 0 heterocycles. The highest BCUT2D eigenvalue weighted by molar-refractivity contribution is 7.92. The molecule has 1 aliphatic rings. The number of sulfone groups is 1. The molecule has 0 bridgehead atoms. The van der Waals surface area contributed by atoms with Crippen molar-refractivity contribution in [2.75, 3.05) is 18.1 Å². The van der Waals surface area contributed by atoms with E-state index in [0.717, 1.165) is 25.7 Å². The van der Waals surface area contributed by atoms with Crippen molar-refractivity contribution in [3.8, 4) is 0 Å². The van der Waals surface area contributed by atoms with Crippen molar-refractivity contribution in [2.45, 2.75) is 51.0 Å². The first kappa shape index (κ1) is 15.4. The molecule has 6 heteroatoms. The van der Waals surface area contributed by atoms with Crippen LogP contribution < -0.4 is 11.1 Å². The van der Waals surface area contributed by atoms with E-state index in [0.29, 0.717) is 13.0 Å². The third-order valence-electron chi connectivity index (χ3n) is 3.23. The molecule has 0 radical (unpaired) electrons. The minimum absolute atomic E-state index is 0.00157. The summed E-state index contributed by atoms with van der Waals surface area (Å²) in [6.45, 7) is 0.337. The molecular weight excluding hydrogens is 252 g/mol. The number of hydrogen-bond donors (Lipinski definition) is 2. The second kappa shape index (κ2) is 7.74. The van der Waals surface area contributed by atoms with Crippen molar-refractivity contribution >= 4 is 15.7 Å². The quantitative estimate of drug-likeness (QED) is 0.695. The number of nitrogens with two attached hydrogens (primary N) is 1. The third-order valence-corrected chi connectivity index (χ3v) is 4.84.